The Kier molecular flexibility index (Phi) is 7.50. The Morgan fingerprint density at radius 1 is 1.13 bits per heavy atom. The van der Waals surface area contributed by atoms with Gasteiger partial charge in [-0.05, 0) is 36.2 Å². The number of rotatable bonds is 8. The van der Waals surface area contributed by atoms with Crippen molar-refractivity contribution in [1.29, 1.82) is 0 Å². The lowest BCUT2D eigenvalue weighted by Gasteiger charge is -2.26. The third-order valence-electron chi connectivity index (χ3n) is 6.95. The zero-order valence-electron chi connectivity index (χ0n) is 21.2. The van der Waals surface area contributed by atoms with Gasteiger partial charge in [0, 0.05) is 54.5 Å². The topological polar surface area (TPSA) is 134 Å². The van der Waals surface area contributed by atoms with Gasteiger partial charge < -0.3 is 25.9 Å². The number of aromatic amines is 1. The highest BCUT2D eigenvalue weighted by molar-refractivity contribution is 6.08. The molecule has 1 atom stereocenters. The van der Waals surface area contributed by atoms with Crippen LogP contribution in [0.25, 0.3) is 22.0 Å². The second kappa shape index (κ2) is 11.1. The fourth-order valence-electron chi connectivity index (χ4n) is 4.87. The summed E-state index contributed by atoms with van der Waals surface area (Å²) in [7, 11) is 0. The van der Waals surface area contributed by atoms with E-state index in [1.165, 1.54) is 0 Å². The summed E-state index contributed by atoms with van der Waals surface area (Å²) in [6.07, 6.45) is 1.73. The van der Waals surface area contributed by atoms with E-state index in [0.717, 1.165) is 55.1 Å². The molecule has 0 saturated carbocycles. The lowest BCUT2D eigenvalue weighted by molar-refractivity contribution is 0.0336. The Hall–Kier alpha value is -4.05. The van der Waals surface area contributed by atoms with Gasteiger partial charge in [0.15, 0.2) is 0 Å². The number of carbonyl (C=O) groups is 2. The molecule has 196 valence electrons. The van der Waals surface area contributed by atoms with Crippen molar-refractivity contribution < 1.29 is 19.4 Å². The summed E-state index contributed by atoms with van der Waals surface area (Å²) in [6.45, 7) is 6.18. The van der Waals surface area contributed by atoms with Gasteiger partial charge >= 0.3 is 5.97 Å². The van der Waals surface area contributed by atoms with E-state index in [9.17, 15) is 14.7 Å². The maximum absolute atomic E-state index is 12.9. The summed E-state index contributed by atoms with van der Waals surface area (Å²) in [5.41, 5.74) is 10.9. The quantitative estimate of drug-likeness (QED) is 0.282. The van der Waals surface area contributed by atoms with E-state index in [0.29, 0.717) is 28.8 Å². The first-order valence-electron chi connectivity index (χ1n) is 12.7. The van der Waals surface area contributed by atoms with Gasteiger partial charge in [-0.25, -0.2) is 4.79 Å². The van der Waals surface area contributed by atoms with Gasteiger partial charge in [-0.3, -0.25) is 14.7 Å². The first-order valence-corrected chi connectivity index (χ1v) is 12.7. The number of aromatic carboxylic acids is 1. The molecule has 2 aromatic heterocycles. The third-order valence-corrected chi connectivity index (χ3v) is 6.95. The molecule has 0 spiro atoms. The minimum absolute atomic E-state index is 0.0890. The molecule has 1 fully saturated rings. The minimum Gasteiger partial charge on any atom is -0.477 e. The number of carboxylic acid groups (broad SMARTS) is 1. The van der Waals surface area contributed by atoms with Gasteiger partial charge in [0.25, 0.3) is 5.91 Å². The number of aromatic nitrogens is 2. The molecular formula is C29H31N5O4. The number of carboxylic acids is 1. The molecule has 0 bridgehead atoms. The summed E-state index contributed by atoms with van der Waals surface area (Å²) in [5.74, 6) is -1.28. The number of hydrogen-bond acceptors (Lipinski definition) is 6. The first kappa shape index (κ1) is 25.6. The van der Waals surface area contributed by atoms with Crippen molar-refractivity contribution in [2.75, 3.05) is 26.3 Å². The Labute approximate surface area is 220 Å². The van der Waals surface area contributed by atoms with Crippen molar-refractivity contribution in [3.63, 3.8) is 0 Å². The molecule has 4 aromatic rings. The molecule has 0 unspecified atom stereocenters. The zero-order valence-corrected chi connectivity index (χ0v) is 21.2. The van der Waals surface area contributed by atoms with Crippen LogP contribution in [-0.4, -0.2) is 58.2 Å². The molecule has 38 heavy (non-hydrogen) atoms. The average molecular weight is 514 g/mol. The van der Waals surface area contributed by atoms with Crippen LogP contribution in [0.2, 0.25) is 0 Å². The molecule has 9 heteroatoms. The summed E-state index contributed by atoms with van der Waals surface area (Å²) in [6, 6.07) is 16.3. The highest BCUT2D eigenvalue weighted by Crippen LogP contribution is 2.35. The van der Waals surface area contributed by atoms with Gasteiger partial charge in [-0.2, -0.15) is 0 Å². The molecule has 1 saturated heterocycles. The number of amides is 1. The monoisotopic (exact) mass is 513 g/mol. The number of nitrogens with one attached hydrogen (secondary N) is 2. The summed E-state index contributed by atoms with van der Waals surface area (Å²) in [4.78, 5) is 35.1. The van der Waals surface area contributed by atoms with Crippen LogP contribution in [0.3, 0.4) is 0 Å². The standard InChI is InChI=1S/C29H31N5O4/c1-18(32-28(35)20-7-5-19(15-30)6-8-20)23-3-2-4-24-25(27(29(36)37)33-26(23)24)21-9-10-22(31-16-21)17-34-11-13-38-14-12-34/h2-10,16,18,33H,11-15,17,30H2,1H3,(H,32,35)(H,36,37)/t18-/m0/s1. The molecular weight excluding hydrogens is 482 g/mol. The van der Waals surface area contributed by atoms with Crippen molar-refractivity contribution in [2.24, 2.45) is 5.73 Å². The van der Waals surface area contributed by atoms with Crippen LogP contribution in [0.1, 0.15) is 50.6 Å². The van der Waals surface area contributed by atoms with Gasteiger partial charge in [0.05, 0.1) is 30.5 Å². The second-order valence-corrected chi connectivity index (χ2v) is 9.47. The molecule has 1 amide bonds. The normalized spacial score (nSPS) is 14.9. The van der Waals surface area contributed by atoms with Crippen LogP contribution in [0, 0.1) is 0 Å². The molecule has 0 aliphatic carbocycles. The van der Waals surface area contributed by atoms with Gasteiger partial charge in [0.1, 0.15) is 5.69 Å². The number of pyridine rings is 1. The first-order chi connectivity index (χ1) is 18.4. The van der Waals surface area contributed by atoms with Crippen LogP contribution in [0.15, 0.2) is 60.8 Å². The maximum atomic E-state index is 12.9. The summed E-state index contributed by atoms with van der Waals surface area (Å²) in [5, 5.41) is 13.8. The Bertz CT molecular complexity index is 1440. The average Bonchev–Trinajstić information content (AvgIpc) is 3.34. The van der Waals surface area contributed by atoms with Gasteiger partial charge in [0.2, 0.25) is 0 Å². The summed E-state index contributed by atoms with van der Waals surface area (Å²) >= 11 is 0. The molecule has 2 aromatic carbocycles. The van der Waals surface area contributed by atoms with Crippen LogP contribution in [0.5, 0.6) is 0 Å². The fourth-order valence-corrected chi connectivity index (χ4v) is 4.87. The largest absolute Gasteiger partial charge is 0.477 e. The number of fused-ring (bicyclic) bond motifs is 1. The van der Waals surface area contributed by atoms with E-state index in [2.05, 4.69) is 20.2 Å². The van der Waals surface area contributed by atoms with Crippen molar-refractivity contribution in [1.82, 2.24) is 20.2 Å². The maximum Gasteiger partial charge on any atom is 0.352 e. The van der Waals surface area contributed by atoms with Crippen LogP contribution in [-0.2, 0) is 17.8 Å². The van der Waals surface area contributed by atoms with E-state index in [-0.39, 0.29) is 17.6 Å². The number of nitrogens with two attached hydrogens (primary N) is 1. The van der Waals surface area contributed by atoms with Crippen molar-refractivity contribution in [2.45, 2.75) is 26.1 Å². The van der Waals surface area contributed by atoms with Gasteiger partial charge in [-0.1, -0.05) is 36.4 Å². The van der Waals surface area contributed by atoms with Gasteiger partial charge in [-0.15, -0.1) is 0 Å². The molecule has 5 rings (SSSR count). The number of carbonyl (C=O) groups excluding carboxylic acids is 1. The number of nitrogens with zero attached hydrogens (tertiary/aromatic N) is 2. The minimum atomic E-state index is -1.06. The number of hydrogen-bond donors (Lipinski definition) is 4. The lowest BCUT2D eigenvalue weighted by atomic mass is 9.99. The number of benzene rings is 2. The number of para-hydroxylation sites is 1. The SMILES string of the molecule is C[C@H](NC(=O)c1ccc(CN)cc1)c1cccc2c(-c3ccc(CN4CCOCC4)nc3)c(C(=O)O)[nH]c12. The molecule has 5 N–H and O–H groups in total. The predicted octanol–water partition coefficient (Wildman–Crippen LogP) is 3.71. The fraction of sp³-hybridized carbons (Fsp3) is 0.276. The zero-order chi connectivity index (χ0) is 26.6. The highest BCUT2D eigenvalue weighted by atomic mass is 16.5. The van der Waals surface area contributed by atoms with Crippen LogP contribution < -0.4 is 11.1 Å². The van der Waals surface area contributed by atoms with Crippen LogP contribution >= 0.6 is 0 Å². The number of morpholine rings is 1. The summed E-state index contributed by atoms with van der Waals surface area (Å²) < 4.78 is 5.41. The Morgan fingerprint density at radius 2 is 1.89 bits per heavy atom. The predicted molar refractivity (Wildman–Crippen MR) is 145 cm³/mol. The van der Waals surface area contributed by atoms with Crippen molar-refractivity contribution in [3.05, 3.63) is 88.9 Å². The van der Waals surface area contributed by atoms with E-state index in [1.54, 1.807) is 18.3 Å². The second-order valence-electron chi connectivity index (χ2n) is 9.47. The van der Waals surface area contributed by atoms with E-state index in [1.807, 2.05) is 49.4 Å². The molecule has 3 heterocycles. The molecule has 9 nitrogen and oxygen atoms in total. The number of ether oxygens (including phenoxy) is 1. The van der Waals surface area contributed by atoms with Crippen LogP contribution in [0.4, 0.5) is 0 Å². The molecule has 1 aliphatic rings. The van der Waals surface area contributed by atoms with E-state index < -0.39 is 5.97 Å². The van der Waals surface area contributed by atoms with Crippen molar-refractivity contribution >= 4 is 22.8 Å². The van der Waals surface area contributed by atoms with E-state index in [4.69, 9.17) is 10.5 Å². The smallest absolute Gasteiger partial charge is 0.352 e. The van der Waals surface area contributed by atoms with E-state index >= 15 is 0 Å². The third kappa shape index (κ3) is 5.31. The lowest BCUT2D eigenvalue weighted by Crippen LogP contribution is -2.35. The molecule has 0 radical (unpaired) electrons. The Morgan fingerprint density at radius 3 is 2.55 bits per heavy atom. The number of H-pyrrole nitrogens is 1. The highest BCUT2D eigenvalue weighted by Gasteiger charge is 2.23. The van der Waals surface area contributed by atoms with Crippen molar-refractivity contribution in [3.8, 4) is 11.1 Å². The molecule has 1 aliphatic heterocycles. The Balaban J connectivity index is 1.43.